The minimum atomic E-state index is -1.10. The van der Waals surface area contributed by atoms with Gasteiger partial charge in [0.05, 0.1) is 6.54 Å². The second-order valence-corrected chi connectivity index (χ2v) is 6.01. The van der Waals surface area contributed by atoms with Crippen LogP contribution in [-0.2, 0) is 19.2 Å². The van der Waals surface area contributed by atoms with Crippen LogP contribution in [0.4, 0.5) is 0 Å². The molecule has 0 heterocycles. The Morgan fingerprint density at radius 2 is 1.65 bits per heavy atom. The Labute approximate surface area is 136 Å². The summed E-state index contributed by atoms with van der Waals surface area (Å²) >= 11 is 0. The number of aliphatic carboxylic acids is 1. The summed E-state index contributed by atoms with van der Waals surface area (Å²) < 4.78 is 0. The van der Waals surface area contributed by atoms with E-state index in [0.717, 1.165) is 0 Å². The van der Waals surface area contributed by atoms with Crippen molar-refractivity contribution in [2.24, 2.45) is 5.92 Å². The fraction of sp³-hybridized carbons (Fsp3) is 0.733. The van der Waals surface area contributed by atoms with Crippen molar-refractivity contribution in [1.82, 2.24) is 15.5 Å². The lowest BCUT2D eigenvalue weighted by Crippen LogP contribution is -2.46. The Kier molecular flexibility index (Phi) is 9.60. The monoisotopic (exact) mass is 329 g/mol. The van der Waals surface area contributed by atoms with Crippen LogP contribution in [0, 0.1) is 5.92 Å². The van der Waals surface area contributed by atoms with Gasteiger partial charge in [0.15, 0.2) is 0 Å². The molecule has 0 saturated heterocycles. The third-order valence-corrected chi connectivity index (χ3v) is 3.08. The molecule has 3 amide bonds. The molecule has 0 aliphatic heterocycles. The summed E-state index contributed by atoms with van der Waals surface area (Å²) in [6.45, 7) is 3.44. The quantitative estimate of drug-likeness (QED) is 0.521. The molecule has 8 nitrogen and oxygen atoms in total. The summed E-state index contributed by atoms with van der Waals surface area (Å²) in [6, 6.07) is -0.961. The van der Waals surface area contributed by atoms with E-state index in [1.807, 2.05) is 13.8 Å². The summed E-state index contributed by atoms with van der Waals surface area (Å²) in [5.41, 5.74) is 0. The fourth-order valence-electron chi connectivity index (χ4n) is 1.83. The predicted molar refractivity (Wildman–Crippen MR) is 84.6 cm³/mol. The highest BCUT2D eigenvalue weighted by atomic mass is 16.4. The Morgan fingerprint density at radius 3 is 2.13 bits per heavy atom. The van der Waals surface area contributed by atoms with Gasteiger partial charge in [-0.2, -0.15) is 0 Å². The van der Waals surface area contributed by atoms with Crippen LogP contribution in [0.2, 0.25) is 0 Å². The lowest BCUT2D eigenvalue weighted by atomic mass is 10.0. The van der Waals surface area contributed by atoms with Crippen LogP contribution in [0.1, 0.15) is 39.5 Å². The second-order valence-electron chi connectivity index (χ2n) is 6.01. The SMILES string of the molecule is CC(C)C[C@H](NC(=O)CNC(=O)CCCC(=O)N(C)C)C(=O)O. The van der Waals surface area contributed by atoms with Crippen LogP contribution in [-0.4, -0.2) is 60.4 Å². The van der Waals surface area contributed by atoms with Gasteiger partial charge in [-0.3, -0.25) is 14.4 Å². The van der Waals surface area contributed by atoms with E-state index in [0.29, 0.717) is 12.8 Å². The van der Waals surface area contributed by atoms with Crippen molar-refractivity contribution >= 4 is 23.7 Å². The molecule has 0 aromatic carbocycles. The fourth-order valence-corrected chi connectivity index (χ4v) is 1.83. The molecule has 1 atom stereocenters. The number of carbonyl (C=O) groups excluding carboxylic acids is 3. The van der Waals surface area contributed by atoms with Gasteiger partial charge in [0.25, 0.3) is 0 Å². The molecule has 0 aliphatic rings. The first kappa shape index (κ1) is 20.9. The summed E-state index contributed by atoms with van der Waals surface area (Å²) in [5.74, 6) is -1.92. The maximum atomic E-state index is 11.7. The van der Waals surface area contributed by atoms with Gasteiger partial charge in [0.2, 0.25) is 17.7 Å². The number of hydrogen-bond donors (Lipinski definition) is 3. The van der Waals surface area contributed by atoms with E-state index in [4.69, 9.17) is 5.11 Å². The molecule has 0 aromatic rings. The molecular weight excluding hydrogens is 302 g/mol. The van der Waals surface area contributed by atoms with Crippen LogP contribution in [0.25, 0.3) is 0 Å². The van der Waals surface area contributed by atoms with Crippen LogP contribution >= 0.6 is 0 Å². The minimum absolute atomic E-state index is 0.0615. The van der Waals surface area contributed by atoms with E-state index in [9.17, 15) is 19.2 Å². The maximum absolute atomic E-state index is 11.7. The zero-order chi connectivity index (χ0) is 18.0. The lowest BCUT2D eigenvalue weighted by Gasteiger charge is -2.16. The van der Waals surface area contributed by atoms with Gasteiger partial charge in [0, 0.05) is 26.9 Å². The summed E-state index contributed by atoms with van der Waals surface area (Å²) in [4.78, 5) is 47.0. The molecular formula is C15H27N3O5. The van der Waals surface area contributed by atoms with Gasteiger partial charge < -0.3 is 20.6 Å². The highest BCUT2D eigenvalue weighted by Crippen LogP contribution is 2.04. The molecule has 0 bridgehead atoms. The number of nitrogens with one attached hydrogen (secondary N) is 2. The molecule has 0 aliphatic carbocycles. The van der Waals surface area contributed by atoms with Crippen molar-refractivity contribution in [3.05, 3.63) is 0 Å². The Hall–Kier alpha value is -2.12. The molecule has 0 spiro atoms. The van der Waals surface area contributed by atoms with Gasteiger partial charge in [-0.15, -0.1) is 0 Å². The second kappa shape index (κ2) is 10.6. The molecule has 0 aromatic heterocycles. The van der Waals surface area contributed by atoms with E-state index in [2.05, 4.69) is 10.6 Å². The maximum Gasteiger partial charge on any atom is 0.326 e. The van der Waals surface area contributed by atoms with Gasteiger partial charge in [-0.1, -0.05) is 13.8 Å². The Morgan fingerprint density at radius 1 is 1.04 bits per heavy atom. The van der Waals surface area contributed by atoms with Crippen molar-refractivity contribution in [3.8, 4) is 0 Å². The molecule has 0 saturated carbocycles. The van der Waals surface area contributed by atoms with Crippen LogP contribution < -0.4 is 10.6 Å². The van der Waals surface area contributed by atoms with Gasteiger partial charge >= 0.3 is 5.97 Å². The molecule has 3 N–H and O–H groups in total. The van der Waals surface area contributed by atoms with Crippen LogP contribution in [0.3, 0.4) is 0 Å². The number of hydrogen-bond acceptors (Lipinski definition) is 4. The van der Waals surface area contributed by atoms with Crippen molar-refractivity contribution in [2.75, 3.05) is 20.6 Å². The molecule has 132 valence electrons. The molecule has 23 heavy (non-hydrogen) atoms. The molecule has 0 rings (SSSR count). The summed E-state index contributed by atoms with van der Waals surface area (Å²) in [7, 11) is 3.28. The van der Waals surface area contributed by atoms with E-state index in [1.165, 1.54) is 4.90 Å². The first-order valence-electron chi connectivity index (χ1n) is 7.62. The summed E-state index contributed by atoms with van der Waals surface area (Å²) in [6.07, 6.45) is 1.13. The number of carboxylic acids is 1. The average molecular weight is 329 g/mol. The molecule has 8 heteroatoms. The third-order valence-electron chi connectivity index (χ3n) is 3.08. The number of carboxylic acid groups (broad SMARTS) is 1. The zero-order valence-electron chi connectivity index (χ0n) is 14.2. The summed E-state index contributed by atoms with van der Waals surface area (Å²) in [5, 5.41) is 13.8. The first-order chi connectivity index (χ1) is 10.6. The van der Waals surface area contributed by atoms with Crippen molar-refractivity contribution in [2.45, 2.75) is 45.6 Å². The Balaban J connectivity index is 4.05. The van der Waals surface area contributed by atoms with Crippen LogP contribution in [0.15, 0.2) is 0 Å². The highest BCUT2D eigenvalue weighted by Gasteiger charge is 2.21. The van der Waals surface area contributed by atoms with Crippen LogP contribution in [0.5, 0.6) is 0 Å². The number of nitrogens with zero attached hydrogens (tertiary/aromatic N) is 1. The standard InChI is InChI=1S/C15H27N3O5/c1-10(2)8-11(15(22)23)17-13(20)9-16-12(19)6-5-7-14(21)18(3)4/h10-11H,5-9H2,1-4H3,(H,16,19)(H,17,20)(H,22,23)/t11-/m0/s1. The largest absolute Gasteiger partial charge is 0.480 e. The minimum Gasteiger partial charge on any atom is -0.480 e. The molecule has 0 radical (unpaired) electrons. The number of carbonyl (C=O) groups is 4. The normalized spacial score (nSPS) is 11.7. The van der Waals surface area contributed by atoms with E-state index in [1.54, 1.807) is 14.1 Å². The lowest BCUT2D eigenvalue weighted by molar-refractivity contribution is -0.142. The predicted octanol–water partition coefficient (Wildman–Crippen LogP) is -0.0234. The average Bonchev–Trinajstić information content (AvgIpc) is 2.43. The smallest absolute Gasteiger partial charge is 0.326 e. The van der Waals surface area contributed by atoms with Crippen molar-refractivity contribution in [3.63, 3.8) is 0 Å². The highest BCUT2D eigenvalue weighted by molar-refractivity contribution is 5.88. The van der Waals surface area contributed by atoms with Gasteiger partial charge in [-0.25, -0.2) is 4.79 Å². The first-order valence-corrected chi connectivity index (χ1v) is 7.62. The zero-order valence-corrected chi connectivity index (χ0v) is 14.2. The van der Waals surface area contributed by atoms with Gasteiger partial charge in [0.1, 0.15) is 6.04 Å². The van der Waals surface area contributed by atoms with Gasteiger partial charge in [-0.05, 0) is 18.8 Å². The van der Waals surface area contributed by atoms with Crippen molar-refractivity contribution < 1.29 is 24.3 Å². The van der Waals surface area contributed by atoms with E-state index >= 15 is 0 Å². The number of rotatable bonds is 10. The number of amides is 3. The third kappa shape index (κ3) is 10.3. The topological polar surface area (TPSA) is 116 Å². The molecule has 0 fully saturated rings. The van der Waals surface area contributed by atoms with E-state index < -0.39 is 17.9 Å². The van der Waals surface area contributed by atoms with Crippen molar-refractivity contribution in [1.29, 1.82) is 0 Å². The Bertz CT molecular complexity index is 435. The molecule has 0 unspecified atom stereocenters. The van der Waals surface area contributed by atoms with E-state index in [-0.39, 0.29) is 37.1 Å².